The summed E-state index contributed by atoms with van der Waals surface area (Å²) in [6.45, 7) is -1.13. The van der Waals surface area contributed by atoms with E-state index < -0.39 is 37.1 Å². The second kappa shape index (κ2) is 4.95. The molecule has 5 nitrogen and oxygen atoms in total. The van der Waals surface area contributed by atoms with Crippen molar-refractivity contribution in [3.05, 3.63) is 35.4 Å². The number of carbonyl (C=O) groups excluding carboxylic acids is 3. The molecule has 0 saturated carbocycles. The Hall–Kier alpha value is -2.38. The summed E-state index contributed by atoms with van der Waals surface area (Å²) in [5.74, 6) is -3.59. The van der Waals surface area contributed by atoms with E-state index in [-0.39, 0.29) is 11.1 Å². The van der Waals surface area contributed by atoms with E-state index in [1.54, 1.807) is 12.1 Å². The molecule has 0 unspecified atom stereocenters. The molecule has 0 radical (unpaired) electrons. The van der Waals surface area contributed by atoms with E-state index in [1.165, 1.54) is 12.1 Å². The molecular formula is C12H8F3NO4. The van der Waals surface area contributed by atoms with Gasteiger partial charge in [0.1, 0.15) is 6.61 Å². The van der Waals surface area contributed by atoms with Gasteiger partial charge in [-0.05, 0) is 12.1 Å². The fraction of sp³-hybridized carbons (Fsp3) is 0.250. The number of nitrogens with zero attached hydrogens (tertiary/aromatic N) is 1. The predicted octanol–water partition coefficient (Wildman–Crippen LogP) is 1.39. The van der Waals surface area contributed by atoms with Crippen molar-refractivity contribution in [1.82, 2.24) is 4.90 Å². The van der Waals surface area contributed by atoms with E-state index in [1.807, 2.05) is 0 Å². The van der Waals surface area contributed by atoms with Crippen molar-refractivity contribution >= 4 is 17.8 Å². The number of rotatable bonds is 3. The van der Waals surface area contributed by atoms with Crippen LogP contribution in [0.2, 0.25) is 0 Å². The van der Waals surface area contributed by atoms with Gasteiger partial charge in [-0.15, -0.1) is 0 Å². The minimum Gasteiger partial charge on any atom is -0.457 e. The van der Waals surface area contributed by atoms with Crippen LogP contribution in [0.5, 0.6) is 0 Å². The first-order valence-corrected chi connectivity index (χ1v) is 5.51. The summed E-state index contributed by atoms with van der Waals surface area (Å²) in [5, 5.41) is 0. The van der Waals surface area contributed by atoms with E-state index >= 15 is 0 Å². The van der Waals surface area contributed by atoms with Gasteiger partial charge in [0.05, 0.1) is 17.7 Å². The SMILES string of the molecule is O=C1c2ccccc2C(=O)N1CCOC(=O)C(F)(F)F. The summed E-state index contributed by atoms with van der Waals surface area (Å²) >= 11 is 0. The average molecular weight is 287 g/mol. The molecule has 0 N–H and O–H groups in total. The van der Waals surface area contributed by atoms with Crippen molar-refractivity contribution in [3.8, 4) is 0 Å². The topological polar surface area (TPSA) is 63.7 Å². The van der Waals surface area contributed by atoms with Gasteiger partial charge in [0.15, 0.2) is 0 Å². The monoisotopic (exact) mass is 287 g/mol. The summed E-state index contributed by atoms with van der Waals surface area (Å²) in [7, 11) is 0. The van der Waals surface area contributed by atoms with Gasteiger partial charge < -0.3 is 4.74 Å². The minimum atomic E-state index is -5.10. The predicted molar refractivity (Wildman–Crippen MR) is 58.8 cm³/mol. The molecule has 2 rings (SSSR count). The summed E-state index contributed by atoms with van der Waals surface area (Å²) < 4.78 is 39.6. The van der Waals surface area contributed by atoms with Crippen LogP contribution in [0.15, 0.2) is 24.3 Å². The number of hydrogen-bond donors (Lipinski definition) is 0. The molecule has 0 saturated heterocycles. The standard InChI is InChI=1S/C12H8F3NO4/c13-12(14,15)11(19)20-6-5-16-9(17)7-3-1-2-4-8(7)10(16)18/h1-4H,5-6H2. The summed E-state index contributed by atoms with van der Waals surface area (Å²) in [6, 6.07) is 6.02. The number of carbonyl (C=O) groups is 3. The Morgan fingerprint density at radius 1 is 1.10 bits per heavy atom. The smallest absolute Gasteiger partial charge is 0.457 e. The largest absolute Gasteiger partial charge is 0.490 e. The molecule has 0 bridgehead atoms. The Labute approximate surface area is 110 Å². The van der Waals surface area contributed by atoms with Crippen LogP contribution in [0, 0.1) is 0 Å². The first kappa shape index (κ1) is 14.0. The Morgan fingerprint density at radius 2 is 1.60 bits per heavy atom. The van der Waals surface area contributed by atoms with E-state index in [4.69, 9.17) is 0 Å². The number of alkyl halides is 3. The van der Waals surface area contributed by atoms with Crippen molar-refractivity contribution in [2.45, 2.75) is 6.18 Å². The number of ether oxygens (including phenoxy) is 1. The third kappa shape index (κ3) is 2.49. The van der Waals surface area contributed by atoms with E-state index in [0.29, 0.717) is 0 Å². The Morgan fingerprint density at radius 3 is 2.05 bits per heavy atom. The van der Waals surface area contributed by atoms with Crippen LogP contribution >= 0.6 is 0 Å². The zero-order valence-corrected chi connectivity index (χ0v) is 9.94. The van der Waals surface area contributed by atoms with Gasteiger partial charge in [0, 0.05) is 0 Å². The van der Waals surface area contributed by atoms with Crippen LogP contribution < -0.4 is 0 Å². The minimum absolute atomic E-state index is 0.180. The molecule has 0 aromatic heterocycles. The van der Waals surface area contributed by atoms with Gasteiger partial charge in [-0.3, -0.25) is 14.5 Å². The van der Waals surface area contributed by atoms with Gasteiger partial charge in [-0.1, -0.05) is 12.1 Å². The highest BCUT2D eigenvalue weighted by atomic mass is 19.4. The lowest BCUT2D eigenvalue weighted by Gasteiger charge is -2.14. The molecule has 0 fully saturated rings. The number of halogens is 3. The third-order valence-corrected chi connectivity index (χ3v) is 2.66. The molecule has 8 heteroatoms. The number of fused-ring (bicyclic) bond motifs is 1. The molecule has 1 aliphatic rings. The first-order valence-electron chi connectivity index (χ1n) is 5.51. The zero-order chi connectivity index (χ0) is 14.9. The molecule has 0 aliphatic carbocycles. The quantitative estimate of drug-likeness (QED) is 0.622. The van der Waals surface area contributed by atoms with Crippen LogP contribution in [0.3, 0.4) is 0 Å². The highest BCUT2D eigenvalue weighted by molar-refractivity contribution is 6.21. The van der Waals surface area contributed by atoms with Crippen LogP contribution in [-0.4, -0.2) is 42.0 Å². The molecular weight excluding hydrogens is 279 g/mol. The second-order valence-corrected chi connectivity index (χ2v) is 3.94. The van der Waals surface area contributed by atoms with Gasteiger partial charge in [-0.25, -0.2) is 4.79 Å². The lowest BCUT2D eigenvalue weighted by molar-refractivity contribution is -0.199. The fourth-order valence-electron chi connectivity index (χ4n) is 1.75. The van der Waals surface area contributed by atoms with Crippen molar-refractivity contribution in [2.75, 3.05) is 13.2 Å². The molecule has 2 amide bonds. The van der Waals surface area contributed by atoms with E-state index in [9.17, 15) is 27.6 Å². The molecule has 20 heavy (non-hydrogen) atoms. The highest BCUT2D eigenvalue weighted by Crippen LogP contribution is 2.22. The van der Waals surface area contributed by atoms with Crippen LogP contribution in [-0.2, 0) is 9.53 Å². The lowest BCUT2D eigenvalue weighted by Crippen LogP contribution is -2.35. The van der Waals surface area contributed by atoms with E-state index in [2.05, 4.69) is 4.74 Å². The molecule has 1 aromatic rings. The van der Waals surface area contributed by atoms with Crippen LogP contribution in [0.4, 0.5) is 13.2 Å². The third-order valence-electron chi connectivity index (χ3n) is 2.66. The molecule has 0 spiro atoms. The van der Waals surface area contributed by atoms with E-state index in [0.717, 1.165) is 4.90 Å². The summed E-state index contributed by atoms with van der Waals surface area (Å²) in [4.78, 5) is 34.9. The average Bonchev–Trinajstić information content (AvgIpc) is 2.63. The number of esters is 1. The van der Waals surface area contributed by atoms with Gasteiger partial charge in [0.2, 0.25) is 0 Å². The second-order valence-electron chi connectivity index (χ2n) is 3.94. The van der Waals surface area contributed by atoms with Crippen molar-refractivity contribution in [1.29, 1.82) is 0 Å². The maximum absolute atomic E-state index is 11.9. The van der Waals surface area contributed by atoms with Gasteiger partial charge in [0.25, 0.3) is 11.8 Å². The highest BCUT2D eigenvalue weighted by Gasteiger charge is 2.41. The first-order chi connectivity index (χ1) is 9.32. The number of hydrogen-bond acceptors (Lipinski definition) is 4. The Kier molecular flexibility index (Phi) is 3.47. The Bertz CT molecular complexity index is 547. The molecule has 1 aliphatic heterocycles. The van der Waals surface area contributed by atoms with Gasteiger partial charge >= 0.3 is 12.1 Å². The van der Waals surface area contributed by atoms with Crippen molar-refractivity contribution in [2.24, 2.45) is 0 Å². The molecule has 1 aromatic carbocycles. The molecule has 1 heterocycles. The summed E-state index contributed by atoms with van der Waals surface area (Å²) in [5.41, 5.74) is 0.360. The lowest BCUT2D eigenvalue weighted by atomic mass is 10.1. The number of imide groups is 1. The zero-order valence-electron chi connectivity index (χ0n) is 9.94. The number of amides is 2. The van der Waals surface area contributed by atoms with Crippen LogP contribution in [0.25, 0.3) is 0 Å². The normalized spacial score (nSPS) is 14.4. The Balaban J connectivity index is 1.98. The maximum atomic E-state index is 11.9. The molecule has 0 atom stereocenters. The molecule has 106 valence electrons. The summed E-state index contributed by atoms with van der Waals surface area (Å²) in [6.07, 6.45) is -5.10. The fourth-order valence-corrected chi connectivity index (χ4v) is 1.75. The number of benzene rings is 1. The maximum Gasteiger partial charge on any atom is 0.490 e. The van der Waals surface area contributed by atoms with Gasteiger partial charge in [-0.2, -0.15) is 13.2 Å². The van der Waals surface area contributed by atoms with Crippen LogP contribution in [0.1, 0.15) is 20.7 Å². The van der Waals surface area contributed by atoms with Crippen molar-refractivity contribution in [3.63, 3.8) is 0 Å². The van der Waals surface area contributed by atoms with Crippen molar-refractivity contribution < 1.29 is 32.3 Å².